The predicted octanol–water partition coefficient (Wildman–Crippen LogP) is 5.39. The van der Waals surface area contributed by atoms with Crippen molar-refractivity contribution in [2.75, 3.05) is 0 Å². The fourth-order valence-electron chi connectivity index (χ4n) is 1.19. The van der Waals surface area contributed by atoms with Gasteiger partial charge in [-0.05, 0) is 42.5 Å². The number of halogens is 3. The Morgan fingerprint density at radius 3 is 2.38 bits per heavy atom. The van der Waals surface area contributed by atoms with E-state index in [9.17, 15) is 4.39 Å². The molecule has 4 heteroatoms. The molecule has 0 aliphatic rings. The lowest BCUT2D eigenvalue weighted by Gasteiger charge is -2.03. The Balaban J connectivity index is 2.23. The first-order valence-corrected chi connectivity index (χ1v) is 6.52. The largest absolute Gasteiger partial charge is 0.206 e. The van der Waals surface area contributed by atoms with E-state index in [-0.39, 0.29) is 5.82 Å². The van der Waals surface area contributed by atoms with Crippen LogP contribution < -0.4 is 0 Å². The summed E-state index contributed by atoms with van der Waals surface area (Å²) in [6.45, 7) is 0. The van der Waals surface area contributed by atoms with Gasteiger partial charge < -0.3 is 0 Å². The molecular formula is C12H7BrClFS. The molecule has 16 heavy (non-hydrogen) atoms. The lowest BCUT2D eigenvalue weighted by atomic mass is 10.3. The monoisotopic (exact) mass is 316 g/mol. The molecule has 0 radical (unpaired) electrons. The van der Waals surface area contributed by atoms with Crippen LogP contribution in [0.1, 0.15) is 0 Å². The average molecular weight is 318 g/mol. The summed E-state index contributed by atoms with van der Waals surface area (Å²) < 4.78 is 14.3. The molecule has 0 aromatic heterocycles. The van der Waals surface area contributed by atoms with E-state index in [0.717, 1.165) is 9.37 Å². The Bertz CT molecular complexity index is 499. The van der Waals surface area contributed by atoms with Crippen molar-refractivity contribution < 1.29 is 4.39 Å². The van der Waals surface area contributed by atoms with Crippen LogP contribution in [0, 0.1) is 5.82 Å². The van der Waals surface area contributed by atoms with E-state index < -0.39 is 0 Å². The van der Waals surface area contributed by atoms with E-state index in [1.54, 1.807) is 18.2 Å². The van der Waals surface area contributed by atoms with Crippen molar-refractivity contribution in [3.8, 4) is 0 Å². The summed E-state index contributed by atoms with van der Waals surface area (Å²) in [6, 6.07) is 12.3. The first-order chi connectivity index (χ1) is 7.65. The van der Waals surface area contributed by atoms with Crippen molar-refractivity contribution in [3.05, 3.63) is 57.8 Å². The molecule has 0 unspecified atom stereocenters. The second-order valence-electron chi connectivity index (χ2n) is 3.13. The smallest absolute Gasteiger partial charge is 0.138 e. The van der Waals surface area contributed by atoms with Crippen LogP contribution in [0.15, 0.2) is 56.7 Å². The number of rotatable bonds is 2. The van der Waals surface area contributed by atoms with Crippen molar-refractivity contribution in [1.29, 1.82) is 0 Å². The molecule has 0 saturated carbocycles. The lowest BCUT2D eigenvalue weighted by molar-refractivity contribution is 0.601. The van der Waals surface area contributed by atoms with Gasteiger partial charge in [0.15, 0.2) is 0 Å². The van der Waals surface area contributed by atoms with Crippen molar-refractivity contribution in [1.82, 2.24) is 0 Å². The van der Waals surface area contributed by atoms with E-state index in [1.807, 2.05) is 18.2 Å². The molecule has 0 fully saturated rings. The Labute approximate surface area is 111 Å². The van der Waals surface area contributed by atoms with Crippen molar-refractivity contribution >= 4 is 39.3 Å². The van der Waals surface area contributed by atoms with Gasteiger partial charge in [-0.15, -0.1) is 0 Å². The molecular weight excluding hydrogens is 311 g/mol. The second-order valence-corrected chi connectivity index (χ2v) is 5.60. The van der Waals surface area contributed by atoms with Crippen LogP contribution in [-0.2, 0) is 0 Å². The van der Waals surface area contributed by atoms with Gasteiger partial charge in [0, 0.05) is 19.3 Å². The zero-order chi connectivity index (χ0) is 11.5. The van der Waals surface area contributed by atoms with Gasteiger partial charge in [0.05, 0.1) is 0 Å². The summed E-state index contributed by atoms with van der Waals surface area (Å²) in [5.74, 6) is -0.227. The number of hydrogen-bond acceptors (Lipinski definition) is 1. The summed E-state index contributed by atoms with van der Waals surface area (Å²) >= 11 is 10.4. The minimum Gasteiger partial charge on any atom is -0.206 e. The quantitative estimate of drug-likeness (QED) is 0.715. The van der Waals surface area contributed by atoms with Crippen LogP contribution in [0.5, 0.6) is 0 Å². The number of benzene rings is 2. The fraction of sp³-hybridized carbons (Fsp3) is 0. The van der Waals surface area contributed by atoms with Crippen molar-refractivity contribution in [3.63, 3.8) is 0 Å². The highest BCUT2D eigenvalue weighted by atomic mass is 79.9. The molecule has 2 aromatic rings. The molecule has 2 rings (SSSR count). The average Bonchev–Trinajstić information content (AvgIpc) is 2.25. The second kappa shape index (κ2) is 5.21. The van der Waals surface area contributed by atoms with Crippen molar-refractivity contribution in [2.24, 2.45) is 0 Å². The third-order valence-electron chi connectivity index (χ3n) is 1.94. The molecule has 0 amide bonds. The molecule has 0 bridgehead atoms. The summed E-state index contributed by atoms with van der Waals surface area (Å²) in [4.78, 5) is 1.57. The molecule has 0 saturated heterocycles. The summed E-state index contributed by atoms with van der Waals surface area (Å²) in [5.41, 5.74) is 0. The minimum absolute atomic E-state index is 0.227. The third kappa shape index (κ3) is 3.00. The van der Waals surface area contributed by atoms with Crippen LogP contribution in [0.4, 0.5) is 4.39 Å². The van der Waals surface area contributed by atoms with Gasteiger partial charge in [0.25, 0.3) is 0 Å². The van der Waals surface area contributed by atoms with Gasteiger partial charge in [0.1, 0.15) is 5.82 Å². The van der Waals surface area contributed by atoms with Crippen LogP contribution in [-0.4, -0.2) is 0 Å². The Morgan fingerprint density at radius 1 is 1.06 bits per heavy atom. The first kappa shape index (κ1) is 12.0. The third-order valence-corrected chi connectivity index (χ3v) is 3.74. The van der Waals surface area contributed by atoms with Gasteiger partial charge in [0.2, 0.25) is 0 Å². The van der Waals surface area contributed by atoms with E-state index in [2.05, 4.69) is 15.9 Å². The zero-order valence-electron chi connectivity index (χ0n) is 8.08. The summed E-state index contributed by atoms with van der Waals surface area (Å²) in [6.07, 6.45) is 0. The SMILES string of the molecule is Fc1cc(Br)ccc1Sc1ccc(Cl)cc1. The Kier molecular flexibility index (Phi) is 3.90. The predicted molar refractivity (Wildman–Crippen MR) is 69.7 cm³/mol. The normalized spacial score (nSPS) is 10.4. The molecule has 0 aliphatic carbocycles. The van der Waals surface area contributed by atoms with E-state index in [0.29, 0.717) is 9.92 Å². The van der Waals surface area contributed by atoms with Gasteiger partial charge in [-0.3, -0.25) is 0 Å². The fourth-order valence-corrected chi connectivity index (χ4v) is 2.47. The Hall–Kier alpha value is -0.510. The molecule has 0 heterocycles. The highest BCUT2D eigenvalue weighted by molar-refractivity contribution is 9.10. The van der Waals surface area contributed by atoms with E-state index in [1.165, 1.54) is 17.8 Å². The van der Waals surface area contributed by atoms with Crippen molar-refractivity contribution in [2.45, 2.75) is 9.79 Å². The Morgan fingerprint density at radius 2 is 1.75 bits per heavy atom. The van der Waals surface area contributed by atoms with Crippen LogP contribution in [0.3, 0.4) is 0 Å². The summed E-state index contributed by atoms with van der Waals surface area (Å²) in [5, 5.41) is 0.681. The molecule has 0 atom stereocenters. The maximum absolute atomic E-state index is 13.5. The van der Waals surface area contributed by atoms with Crippen LogP contribution >= 0.6 is 39.3 Å². The van der Waals surface area contributed by atoms with E-state index in [4.69, 9.17) is 11.6 Å². The molecule has 82 valence electrons. The van der Waals surface area contributed by atoms with Gasteiger partial charge >= 0.3 is 0 Å². The van der Waals surface area contributed by atoms with Gasteiger partial charge in [-0.1, -0.05) is 39.3 Å². The maximum Gasteiger partial charge on any atom is 0.138 e. The standard InChI is InChI=1S/C12H7BrClFS/c13-8-1-6-12(11(15)7-8)16-10-4-2-9(14)3-5-10/h1-7H. The highest BCUT2D eigenvalue weighted by Crippen LogP contribution is 2.31. The molecule has 0 nitrogen and oxygen atoms in total. The lowest BCUT2D eigenvalue weighted by Crippen LogP contribution is -1.80. The minimum atomic E-state index is -0.227. The number of hydrogen-bond donors (Lipinski definition) is 0. The van der Waals surface area contributed by atoms with E-state index >= 15 is 0 Å². The molecule has 0 spiro atoms. The summed E-state index contributed by atoms with van der Waals surface area (Å²) in [7, 11) is 0. The molecule has 2 aromatic carbocycles. The van der Waals surface area contributed by atoms with Crippen LogP contribution in [0.25, 0.3) is 0 Å². The van der Waals surface area contributed by atoms with Crippen LogP contribution in [0.2, 0.25) is 5.02 Å². The zero-order valence-corrected chi connectivity index (χ0v) is 11.2. The van der Waals surface area contributed by atoms with Gasteiger partial charge in [-0.25, -0.2) is 4.39 Å². The highest BCUT2D eigenvalue weighted by Gasteiger charge is 2.04. The molecule has 0 aliphatic heterocycles. The topological polar surface area (TPSA) is 0 Å². The first-order valence-electron chi connectivity index (χ1n) is 4.53. The maximum atomic E-state index is 13.5. The molecule has 0 N–H and O–H groups in total. The van der Waals surface area contributed by atoms with Gasteiger partial charge in [-0.2, -0.15) is 0 Å².